The Morgan fingerprint density at radius 3 is 2.03 bits per heavy atom. The SMILES string of the molecule is O=C(Nc1ccccc1)C1C(c2ccc(F)c(F)c2)OC2(C(=O)c3ccccc3C2=O)C1C(=O)O. The maximum absolute atomic E-state index is 14.1. The van der Waals surface area contributed by atoms with Crippen molar-refractivity contribution in [3.05, 3.63) is 101 Å². The number of carbonyl (C=O) groups is 4. The molecule has 3 unspecified atom stereocenters. The van der Waals surface area contributed by atoms with E-state index >= 15 is 0 Å². The van der Waals surface area contributed by atoms with E-state index < -0.39 is 58.6 Å². The molecular formula is C26H17F2NO6. The van der Waals surface area contributed by atoms with Gasteiger partial charge in [-0.15, -0.1) is 0 Å². The Kier molecular flexibility index (Phi) is 5.29. The number of hydrogen-bond acceptors (Lipinski definition) is 5. The van der Waals surface area contributed by atoms with Gasteiger partial charge in [-0.1, -0.05) is 48.5 Å². The number of benzene rings is 3. The molecule has 1 spiro atoms. The summed E-state index contributed by atoms with van der Waals surface area (Å²) in [4.78, 5) is 53.0. The summed E-state index contributed by atoms with van der Waals surface area (Å²) in [5.74, 6) is -10.2. The number of carboxylic acid groups (broad SMARTS) is 1. The van der Waals surface area contributed by atoms with Gasteiger partial charge in [0.15, 0.2) is 11.6 Å². The molecule has 0 saturated carbocycles. The van der Waals surface area contributed by atoms with Gasteiger partial charge in [-0.25, -0.2) is 8.78 Å². The van der Waals surface area contributed by atoms with Gasteiger partial charge < -0.3 is 15.2 Å². The fourth-order valence-electron chi connectivity index (χ4n) is 4.87. The molecule has 3 aromatic rings. The van der Waals surface area contributed by atoms with Gasteiger partial charge in [-0.2, -0.15) is 0 Å². The lowest BCUT2D eigenvalue weighted by Gasteiger charge is -2.25. The second-order valence-corrected chi connectivity index (χ2v) is 8.35. The van der Waals surface area contributed by atoms with Gasteiger partial charge in [0.25, 0.3) is 0 Å². The summed E-state index contributed by atoms with van der Waals surface area (Å²) in [7, 11) is 0. The fourth-order valence-corrected chi connectivity index (χ4v) is 4.87. The van der Waals surface area contributed by atoms with Gasteiger partial charge >= 0.3 is 5.97 Å². The van der Waals surface area contributed by atoms with Crippen molar-refractivity contribution in [1.29, 1.82) is 0 Å². The van der Waals surface area contributed by atoms with Crippen molar-refractivity contribution in [3.63, 3.8) is 0 Å². The van der Waals surface area contributed by atoms with Gasteiger partial charge in [-0.3, -0.25) is 19.2 Å². The van der Waals surface area contributed by atoms with Crippen LogP contribution < -0.4 is 5.32 Å². The normalized spacial score (nSPS) is 22.3. The van der Waals surface area contributed by atoms with Crippen LogP contribution in [0, 0.1) is 23.5 Å². The van der Waals surface area contributed by atoms with E-state index in [0.29, 0.717) is 5.69 Å². The topological polar surface area (TPSA) is 110 Å². The maximum atomic E-state index is 14.1. The number of ketones is 2. The first-order valence-corrected chi connectivity index (χ1v) is 10.7. The number of amides is 1. The van der Waals surface area contributed by atoms with Gasteiger partial charge in [0.2, 0.25) is 23.1 Å². The molecule has 3 atom stereocenters. The van der Waals surface area contributed by atoms with Gasteiger partial charge in [0.05, 0.1) is 12.0 Å². The molecule has 3 aromatic carbocycles. The summed E-state index contributed by atoms with van der Waals surface area (Å²) in [6, 6.07) is 16.6. The lowest BCUT2D eigenvalue weighted by molar-refractivity contribution is -0.147. The standard InChI is InChI=1S/C26H17F2NO6/c27-17-11-10-13(12-18(17)28)21-19(24(32)29-14-6-2-1-3-7-14)20(25(33)34)26(35-21)22(30)15-8-4-5-9-16(15)23(26)31/h1-12,19-21H,(H,29,32)(H,33,34). The Hall–Kier alpha value is -4.24. The Morgan fingerprint density at radius 2 is 1.46 bits per heavy atom. The van der Waals surface area contributed by atoms with E-state index in [1.807, 2.05) is 0 Å². The van der Waals surface area contributed by atoms with Gasteiger partial charge in [0, 0.05) is 16.8 Å². The number of hydrogen-bond donors (Lipinski definition) is 2. The monoisotopic (exact) mass is 477 g/mol. The van der Waals surface area contributed by atoms with Crippen LogP contribution in [0.1, 0.15) is 32.4 Å². The van der Waals surface area contributed by atoms with Crippen molar-refractivity contribution in [2.45, 2.75) is 11.7 Å². The molecule has 7 nitrogen and oxygen atoms in total. The van der Waals surface area contributed by atoms with Gasteiger partial charge in [0.1, 0.15) is 5.92 Å². The predicted octanol–water partition coefficient (Wildman–Crippen LogP) is 3.81. The second kappa shape index (κ2) is 8.21. The molecule has 1 heterocycles. The van der Waals surface area contributed by atoms with Crippen LogP contribution in [0.3, 0.4) is 0 Å². The zero-order valence-corrected chi connectivity index (χ0v) is 17.9. The van der Waals surface area contributed by atoms with Crippen LogP contribution in [0.5, 0.6) is 0 Å². The van der Waals surface area contributed by atoms with Crippen LogP contribution >= 0.6 is 0 Å². The highest BCUT2D eigenvalue weighted by molar-refractivity contribution is 6.34. The number of aliphatic carboxylic acids is 1. The molecule has 1 amide bonds. The number of anilines is 1. The molecule has 35 heavy (non-hydrogen) atoms. The number of Topliss-reactive ketones (excluding diaryl/α,β-unsaturated/α-hetero) is 2. The van der Waals surface area contributed by atoms with Crippen LogP contribution in [-0.2, 0) is 14.3 Å². The molecule has 5 rings (SSSR count). The third-order valence-corrected chi connectivity index (χ3v) is 6.41. The van der Waals surface area contributed by atoms with Crippen molar-refractivity contribution in [2.75, 3.05) is 5.32 Å². The van der Waals surface area contributed by atoms with Crippen LogP contribution in [-0.4, -0.2) is 34.2 Å². The number of rotatable bonds is 4. The summed E-state index contributed by atoms with van der Waals surface area (Å²) in [6.07, 6.45) is -1.53. The summed E-state index contributed by atoms with van der Waals surface area (Å²) in [5.41, 5.74) is -2.35. The maximum Gasteiger partial charge on any atom is 0.311 e. The average Bonchev–Trinajstić information content (AvgIpc) is 3.32. The van der Waals surface area contributed by atoms with Crippen LogP contribution in [0.2, 0.25) is 0 Å². The van der Waals surface area contributed by atoms with E-state index in [2.05, 4.69) is 5.32 Å². The molecular weight excluding hydrogens is 460 g/mol. The quantitative estimate of drug-likeness (QED) is 0.553. The molecule has 0 aromatic heterocycles. The average molecular weight is 477 g/mol. The van der Waals surface area contributed by atoms with E-state index in [-0.39, 0.29) is 16.7 Å². The van der Waals surface area contributed by atoms with E-state index in [1.165, 1.54) is 24.3 Å². The summed E-state index contributed by atoms with van der Waals surface area (Å²) in [6.45, 7) is 0. The lowest BCUT2D eigenvalue weighted by atomic mass is 9.75. The number of para-hydroxylation sites is 1. The lowest BCUT2D eigenvalue weighted by Crippen LogP contribution is -2.52. The molecule has 0 radical (unpaired) electrons. The minimum Gasteiger partial charge on any atom is -0.481 e. The Balaban J connectivity index is 1.67. The Morgan fingerprint density at radius 1 is 0.857 bits per heavy atom. The van der Waals surface area contributed by atoms with E-state index in [4.69, 9.17) is 4.74 Å². The zero-order valence-electron chi connectivity index (χ0n) is 17.9. The number of carbonyl (C=O) groups excluding carboxylic acids is 3. The Bertz CT molecular complexity index is 1350. The highest BCUT2D eigenvalue weighted by Gasteiger charge is 2.71. The van der Waals surface area contributed by atoms with Crippen molar-refractivity contribution in [2.24, 2.45) is 11.8 Å². The molecule has 1 aliphatic carbocycles. The smallest absolute Gasteiger partial charge is 0.311 e. The largest absolute Gasteiger partial charge is 0.481 e. The van der Waals surface area contributed by atoms with E-state index in [9.17, 15) is 33.1 Å². The summed E-state index contributed by atoms with van der Waals surface area (Å²) < 4.78 is 33.7. The van der Waals surface area contributed by atoms with Crippen LogP contribution in [0.15, 0.2) is 72.8 Å². The third-order valence-electron chi connectivity index (χ3n) is 6.41. The van der Waals surface area contributed by atoms with Crippen LogP contribution in [0.25, 0.3) is 0 Å². The molecule has 1 aliphatic heterocycles. The van der Waals surface area contributed by atoms with Crippen molar-refractivity contribution < 1.29 is 37.8 Å². The third kappa shape index (κ3) is 3.35. The highest BCUT2D eigenvalue weighted by Crippen LogP contribution is 2.54. The Labute approximate surface area is 197 Å². The number of halogens is 2. The van der Waals surface area contributed by atoms with Crippen molar-refractivity contribution in [1.82, 2.24) is 0 Å². The summed E-state index contributed by atoms with van der Waals surface area (Å²) in [5, 5.41) is 12.8. The van der Waals surface area contributed by atoms with Crippen molar-refractivity contribution >= 4 is 29.1 Å². The molecule has 2 aliphatic rings. The predicted molar refractivity (Wildman–Crippen MR) is 118 cm³/mol. The molecule has 0 bridgehead atoms. The first-order chi connectivity index (χ1) is 16.8. The molecule has 9 heteroatoms. The van der Waals surface area contributed by atoms with E-state index in [1.54, 1.807) is 30.3 Å². The second-order valence-electron chi connectivity index (χ2n) is 8.35. The van der Waals surface area contributed by atoms with Crippen LogP contribution in [0.4, 0.5) is 14.5 Å². The van der Waals surface area contributed by atoms with E-state index in [0.717, 1.165) is 18.2 Å². The highest BCUT2D eigenvalue weighted by atomic mass is 19.2. The number of ether oxygens (including phenoxy) is 1. The number of carboxylic acids is 1. The molecule has 2 N–H and O–H groups in total. The minimum atomic E-state index is -2.54. The minimum absolute atomic E-state index is 0.0306. The fraction of sp³-hybridized carbons (Fsp3) is 0.154. The first-order valence-electron chi connectivity index (χ1n) is 10.7. The first kappa shape index (κ1) is 22.5. The summed E-state index contributed by atoms with van der Waals surface area (Å²) >= 11 is 0. The molecule has 1 fully saturated rings. The zero-order chi connectivity index (χ0) is 24.9. The molecule has 1 saturated heterocycles. The van der Waals surface area contributed by atoms with Gasteiger partial charge in [-0.05, 0) is 29.8 Å². The number of nitrogens with one attached hydrogen (secondary N) is 1. The number of fused-ring (bicyclic) bond motifs is 1. The molecule has 176 valence electrons. The van der Waals surface area contributed by atoms with Crippen molar-refractivity contribution in [3.8, 4) is 0 Å².